The molecule has 0 bridgehead atoms. The molecule has 2 heterocycles. The zero-order valence-corrected chi connectivity index (χ0v) is 13.7. The number of aromatic nitrogens is 1. The van der Waals surface area contributed by atoms with Crippen molar-refractivity contribution in [3.05, 3.63) is 53.9 Å². The van der Waals surface area contributed by atoms with Crippen LogP contribution in [0.5, 0.6) is 0 Å². The van der Waals surface area contributed by atoms with Crippen molar-refractivity contribution in [2.75, 3.05) is 23.3 Å². The summed E-state index contributed by atoms with van der Waals surface area (Å²) in [6.45, 7) is 4.28. The molecule has 1 N–H and O–H groups in total. The molecule has 1 saturated heterocycles. The van der Waals surface area contributed by atoms with E-state index in [0.717, 1.165) is 24.7 Å². The Balaban J connectivity index is 1.70. The van der Waals surface area contributed by atoms with E-state index in [4.69, 9.17) is 5.26 Å². The lowest BCUT2D eigenvalue weighted by molar-refractivity contribution is 0.102. The molecule has 2 aromatic rings. The average molecular weight is 320 g/mol. The van der Waals surface area contributed by atoms with Crippen molar-refractivity contribution in [1.82, 2.24) is 4.98 Å². The van der Waals surface area contributed by atoms with Gasteiger partial charge in [-0.25, -0.2) is 0 Å². The molecule has 5 nitrogen and oxygen atoms in total. The monoisotopic (exact) mass is 320 g/mol. The van der Waals surface area contributed by atoms with E-state index in [1.165, 1.54) is 12.8 Å². The summed E-state index contributed by atoms with van der Waals surface area (Å²) in [6, 6.07) is 10.8. The third-order valence-electron chi connectivity index (χ3n) is 4.41. The van der Waals surface area contributed by atoms with Crippen LogP contribution in [-0.4, -0.2) is 24.0 Å². The zero-order chi connectivity index (χ0) is 16.9. The van der Waals surface area contributed by atoms with Gasteiger partial charge in [0, 0.05) is 25.0 Å². The average Bonchev–Trinajstić information content (AvgIpc) is 2.63. The van der Waals surface area contributed by atoms with Crippen molar-refractivity contribution in [2.24, 2.45) is 5.92 Å². The van der Waals surface area contributed by atoms with Crippen LogP contribution in [0.4, 0.5) is 11.4 Å². The minimum atomic E-state index is -0.195. The summed E-state index contributed by atoms with van der Waals surface area (Å²) in [7, 11) is 0. The van der Waals surface area contributed by atoms with Gasteiger partial charge < -0.3 is 10.2 Å². The Kier molecular flexibility index (Phi) is 4.76. The van der Waals surface area contributed by atoms with Gasteiger partial charge in [-0.2, -0.15) is 5.26 Å². The fourth-order valence-electron chi connectivity index (χ4n) is 2.82. The number of pyridine rings is 1. The first kappa shape index (κ1) is 16.0. The normalized spacial score (nSPS) is 14.9. The Bertz CT molecular complexity index is 756. The number of nitrogens with one attached hydrogen (secondary N) is 1. The maximum atomic E-state index is 12.4. The summed E-state index contributed by atoms with van der Waals surface area (Å²) in [4.78, 5) is 18.9. The number of nitriles is 1. The Hall–Kier alpha value is -2.87. The maximum Gasteiger partial charge on any atom is 0.257 e. The number of benzene rings is 1. The summed E-state index contributed by atoms with van der Waals surface area (Å²) >= 11 is 0. The Labute approximate surface area is 141 Å². The summed E-state index contributed by atoms with van der Waals surface area (Å²) in [5, 5.41) is 11.6. The van der Waals surface area contributed by atoms with Crippen molar-refractivity contribution in [3.63, 3.8) is 0 Å². The van der Waals surface area contributed by atoms with Gasteiger partial charge in [0.15, 0.2) is 0 Å². The fourth-order valence-corrected chi connectivity index (χ4v) is 2.82. The number of carbonyl (C=O) groups is 1. The van der Waals surface area contributed by atoms with Crippen molar-refractivity contribution >= 4 is 17.3 Å². The number of carbonyl (C=O) groups excluding carboxylic acids is 1. The predicted molar refractivity (Wildman–Crippen MR) is 94.0 cm³/mol. The number of nitrogens with zero attached hydrogens (tertiary/aromatic N) is 3. The van der Waals surface area contributed by atoms with E-state index in [9.17, 15) is 4.79 Å². The first-order chi connectivity index (χ1) is 11.7. The highest BCUT2D eigenvalue weighted by Gasteiger charge is 2.17. The van der Waals surface area contributed by atoms with Crippen LogP contribution in [0.2, 0.25) is 0 Å². The highest BCUT2D eigenvalue weighted by Crippen LogP contribution is 2.23. The van der Waals surface area contributed by atoms with Gasteiger partial charge in [0.05, 0.1) is 29.1 Å². The minimum Gasteiger partial charge on any atom is -0.370 e. The van der Waals surface area contributed by atoms with E-state index in [1.807, 2.05) is 12.3 Å². The Morgan fingerprint density at radius 1 is 1.25 bits per heavy atom. The van der Waals surface area contributed by atoms with Crippen LogP contribution >= 0.6 is 0 Å². The molecule has 1 aliphatic rings. The molecule has 0 radical (unpaired) electrons. The van der Waals surface area contributed by atoms with E-state index in [2.05, 4.69) is 28.2 Å². The largest absolute Gasteiger partial charge is 0.370 e. The molecule has 0 aliphatic carbocycles. The molecule has 5 heteroatoms. The number of anilines is 2. The van der Waals surface area contributed by atoms with E-state index in [-0.39, 0.29) is 5.91 Å². The van der Waals surface area contributed by atoms with Crippen LogP contribution in [0.1, 0.15) is 35.7 Å². The molecule has 1 fully saturated rings. The number of amides is 1. The fraction of sp³-hybridized carbons (Fsp3) is 0.316. The first-order valence-corrected chi connectivity index (χ1v) is 8.17. The molecule has 24 heavy (non-hydrogen) atoms. The van der Waals surface area contributed by atoms with Gasteiger partial charge in [-0.1, -0.05) is 6.92 Å². The van der Waals surface area contributed by atoms with Gasteiger partial charge in [0.25, 0.3) is 5.91 Å². The number of piperidine rings is 1. The number of hydrogen-bond donors (Lipinski definition) is 1. The van der Waals surface area contributed by atoms with Crippen molar-refractivity contribution in [1.29, 1.82) is 5.26 Å². The molecule has 1 aromatic heterocycles. The summed E-state index contributed by atoms with van der Waals surface area (Å²) in [5.74, 6) is 0.566. The molecule has 122 valence electrons. The number of hydrogen-bond acceptors (Lipinski definition) is 4. The SMILES string of the molecule is CC1CCN(c2cncc(C(=O)Nc3ccc(C#N)cc3)c2)CC1. The third kappa shape index (κ3) is 3.72. The molecule has 0 atom stereocenters. The molecule has 3 rings (SSSR count). The Morgan fingerprint density at radius 3 is 2.62 bits per heavy atom. The van der Waals surface area contributed by atoms with Crippen LogP contribution < -0.4 is 10.2 Å². The molecular formula is C19H20N4O. The molecule has 1 aromatic carbocycles. The molecule has 0 spiro atoms. The van der Waals surface area contributed by atoms with Gasteiger partial charge in [0.1, 0.15) is 0 Å². The van der Waals surface area contributed by atoms with Crippen LogP contribution in [0.15, 0.2) is 42.7 Å². The van der Waals surface area contributed by atoms with E-state index < -0.39 is 0 Å². The smallest absolute Gasteiger partial charge is 0.257 e. The van der Waals surface area contributed by atoms with Gasteiger partial charge in [-0.15, -0.1) is 0 Å². The number of rotatable bonds is 3. The predicted octanol–water partition coefficient (Wildman–Crippen LogP) is 3.44. The van der Waals surface area contributed by atoms with E-state index >= 15 is 0 Å². The van der Waals surface area contributed by atoms with E-state index in [0.29, 0.717) is 16.8 Å². The maximum absolute atomic E-state index is 12.4. The molecular weight excluding hydrogens is 300 g/mol. The first-order valence-electron chi connectivity index (χ1n) is 8.17. The molecule has 0 saturated carbocycles. The highest BCUT2D eigenvalue weighted by molar-refractivity contribution is 6.04. The van der Waals surface area contributed by atoms with Gasteiger partial charge >= 0.3 is 0 Å². The quantitative estimate of drug-likeness (QED) is 0.940. The van der Waals surface area contributed by atoms with Crippen molar-refractivity contribution in [3.8, 4) is 6.07 Å². The van der Waals surface area contributed by atoms with Crippen LogP contribution in [-0.2, 0) is 0 Å². The second-order valence-electron chi connectivity index (χ2n) is 6.24. The van der Waals surface area contributed by atoms with Crippen LogP contribution in [0, 0.1) is 17.2 Å². The topological polar surface area (TPSA) is 69.0 Å². The van der Waals surface area contributed by atoms with E-state index in [1.54, 1.807) is 30.5 Å². The highest BCUT2D eigenvalue weighted by atomic mass is 16.1. The second-order valence-corrected chi connectivity index (χ2v) is 6.24. The van der Waals surface area contributed by atoms with Gasteiger partial charge in [-0.3, -0.25) is 9.78 Å². The van der Waals surface area contributed by atoms with Crippen LogP contribution in [0.3, 0.4) is 0 Å². The summed E-state index contributed by atoms with van der Waals surface area (Å²) < 4.78 is 0. The minimum absolute atomic E-state index is 0.195. The van der Waals surface area contributed by atoms with Crippen molar-refractivity contribution < 1.29 is 4.79 Å². The van der Waals surface area contributed by atoms with Crippen LogP contribution in [0.25, 0.3) is 0 Å². The molecule has 1 aliphatic heterocycles. The van der Waals surface area contributed by atoms with Crippen molar-refractivity contribution in [2.45, 2.75) is 19.8 Å². The summed E-state index contributed by atoms with van der Waals surface area (Å²) in [6.07, 6.45) is 5.73. The van der Waals surface area contributed by atoms with Gasteiger partial charge in [-0.05, 0) is 49.1 Å². The second kappa shape index (κ2) is 7.14. The molecule has 0 unspecified atom stereocenters. The lowest BCUT2D eigenvalue weighted by Crippen LogP contribution is -2.33. The molecule has 1 amide bonds. The lowest BCUT2D eigenvalue weighted by atomic mass is 9.99. The standard InChI is InChI=1S/C19H20N4O/c1-14-6-8-23(9-7-14)18-10-16(12-21-13-18)19(24)22-17-4-2-15(11-20)3-5-17/h2-5,10,12-14H,6-9H2,1H3,(H,22,24). The zero-order valence-electron chi connectivity index (χ0n) is 13.7. The Morgan fingerprint density at radius 2 is 1.96 bits per heavy atom. The summed E-state index contributed by atoms with van der Waals surface area (Å²) in [5.41, 5.74) is 2.76. The lowest BCUT2D eigenvalue weighted by Gasteiger charge is -2.32. The van der Waals surface area contributed by atoms with Gasteiger partial charge in [0.2, 0.25) is 0 Å². The third-order valence-corrected chi connectivity index (χ3v) is 4.41.